The van der Waals surface area contributed by atoms with E-state index < -0.39 is 16.9 Å². The van der Waals surface area contributed by atoms with Gasteiger partial charge in [-0.15, -0.1) is 0 Å². The van der Waals surface area contributed by atoms with Crippen LogP contribution in [0.5, 0.6) is 0 Å². The summed E-state index contributed by atoms with van der Waals surface area (Å²) in [5.41, 5.74) is 2.76. The van der Waals surface area contributed by atoms with Crippen molar-refractivity contribution in [3.05, 3.63) is 52.3 Å². The first kappa shape index (κ1) is 16.5. The normalized spacial score (nSPS) is 14.1. The minimum atomic E-state index is -1.13. The van der Waals surface area contributed by atoms with Gasteiger partial charge in [-0.05, 0) is 24.3 Å². The van der Waals surface area contributed by atoms with Crippen LogP contribution >= 0.6 is 23.2 Å². The van der Waals surface area contributed by atoms with E-state index in [1.165, 1.54) is 0 Å². The van der Waals surface area contributed by atoms with Gasteiger partial charge in [-0.25, -0.2) is 0 Å². The van der Waals surface area contributed by atoms with E-state index >= 15 is 0 Å². The quantitative estimate of drug-likeness (QED) is 0.732. The van der Waals surface area contributed by atoms with Crippen molar-refractivity contribution in [3.63, 3.8) is 0 Å². The number of fused-ring (bicyclic) bond motifs is 1. The van der Waals surface area contributed by atoms with Crippen molar-refractivity contribution in [2.45, 2.75) is 6.10 Å². The van der Waals surface area contributed by atoms with Crippen LogP contribution in [-0.2, 0) is 10.8 Å². The first-order valence-corrected chi connectivity index (χ1v) is 9.35. The van der Waals surface area contributed by atoms with Crippen molar-refractivity contribution in [3.8, 4) is 11.3 Å². The van der Waals surface area contributed by atoms with Crippen LogP contribution in [0.4, 0.5) is 0 Å². The second-order valence-electron chi connectivity index (χ2n) is 5.20. The van der Waals surface area contributed by atoms with Crippen molar-refractivity contribution >= 4 is 44.9 Å². The van der Waals surface area contributed by atoms with Crippen molar-refractivity contribution < 1.29 is 9.32 Å². The van der Waals surface area contributed by atoms with Crippen molar-refractivity contribution in [2.75, 3.05) is 12.0 Å². The Morgan fingerprint density at radius 1 is 1.30 bits per heavy atom. The van der Waals surface area contributed by atoms with E-state index in [2.05, 4.69) is 9.97 Å². The Kier molecular flexibility index (Phi) is 4.73. The van der Waals surface area contributed by atoms with Gasteiger partial charge in [0.15, 0.2) is 0 Å². The third-order valence-electron chi connectivity index (χ3n) is 3.52. The molecule has 2 N–H and O–H groups in total. The number of benzene rings is 1. The van der Waals surface area contributed by atoms with Gasteiger partial charge in [-0.1, -0.05) is 29.3 Å². The number of aromatic nitrogens is 2. The molecule has 0 radical (unpaired) electrons. The van der Waals surface area contributed by atoms with Crippen LogP contribution in [0.15, 0.2) is 36.5 Å². The Hall–Kier alpha value is -1.40. The number of aliphatic hydroxyl groups excluding tert-OH is 1. The van der Waals surface area contributed by atoms with Crippen LogP contribution < -0.4 is 0 Å². The van der Waals surface area contributed by atoms with Crippen LogP contribution in [0.25, 0.3) is 22.2 Å². The second-order valence-corrected chi connectivity index (χ2v) is 7.49. The van der Waals surface area contributed by atoms with Gasteiger partial charge in [0.2, 0.25) is 0 Å². The Balaban J connectivity index is 2.28. The van der Waals surface area contributed by atoms with Crippen LogP contribution in [0.1, 0.15) is 11.8 Å². The van der Waals surface area contributed by atoms with Gasteiger partial charge in [-0.3, -0.25) is 9.19 Å². The number of nitrogens with one attached hydrogen (secondary N) is 1. The molecular weight excluding hydrogens is 355 g/mol. The van der Waals surface area contributed by atoms with Gasteiger partial charge in [0.1, 0.15) is 6.10 Å². The summed E-state index contributed by atoms with van der Waals surface area (Å²) < 4.78 is 11.5. The summed E-state index contributed by atoms with van der Waals surface area (Å²) in [6, 6.07) is 9.00. The number of pyridine rings is 1. The standard InChI is InChI=1S/C16H14Cl2N2O2S/c1-23(22)8-14(21)16-15(12-4-2-3-5-19-12)9-6-10(17)11(18)7-13(9)20-16/h2-7,14,20-21H,8H2,1H3. The molecule has 120 valence electrons. The monoisotopic (exact) mass is 368 g/mol. The van der Waals surface area contributed by atoms with Gasteiger partial charge in [0.25, 0.3) is 0 Å². The lowest BCUT2D eigenvalue weighted by Crippen LogP contribution is -2.09. The fraction of sp³-hybridized carbons (Fsp3) is 0.188. The maximum atomic E-state index is 11.5. The lowest BCUT2D eigenvalue weighted by atomic mass is 10.0. The highest BCUT2D eigenvalue weighted by molar-refractivity contribution is 7.84. The highest BCUT2D eigenvalue weighted by atomic mass is 35.5. The van der Waals surface area contributed by atoms with E-state index in [4.69, 9.17) is 23.2 Å². The molecule has 2 aromatic heterocycles. The molecule has 0 amide bonds. The van der Waals surface area contributed by atoms with Crippen LogP contribution in [-0.4, -0.2) is 31.3 Å². The van der Waals surface area contributed by atoms with Gasteiger partial charge < -0.3 is 10.1 Å². The molecule has 4 nitrogen and oxygen atoms in total. The van der Waals surface area contributed by atoms with Gasteiger partial charge >= 0.3 is 0 Å². The summed E-state index contributed by atoms with van der Waals surface area (Å²) in [6.07, 6.45) is 2.34. The summed E-state index contributed by atoms with van der Waals surface area (Å²) in [7, 11) is -1.13. The van der Waals surface area contributed by atoms with E-state index in [0.717, 1.165) is 16.5 Å². The molecule has 0 aliphatic carbocycles. The molecule has 0 aliphatic rings. The summed E-state index contributed by atoms with van der Waals surface area (Å²) >= 11 is 12.2. The fourth-order valence-corrected chi connectivity index (χ4v) is 3.49. The van der Waals surface area contributed by atoms with E-state index in [1.54, 1.807) is 24.6 Å². The van der Waals surface area contributed by atoms with Crippen LogP contribution in [0.3, 0.4) is 0 Å². The Labute approximate surface area is 145 Å². The topological polar surface area (TPSA) is 66.0 Å². The van der Waals surface area contributed by atoms with E-state index in [0.29, 0.717) is 21.4 Å². The van der Waals surface area contributed by atoms with E-state index in [-0.39, 0.29) is 5.75 Å². The molecule has 2 atom stereocenters. The van der Waals surface area contributed by atoms with Crippen molar-refractivity contribution in [1.82, 2.24) is 9.97 Å². The minimum Gasteiger partial charge on any atom is -0.386 e. The molecule has 0 saturated heterocycles. The Morgan fingerprint density at radius 2 is 2.04 bits per heavy atom. The average Bonchev–Trinajstić information content (AvgIpc) is 2.86. The van der Waals surface area contributed by atoms with Gasteiger partial charge in [0.05, 0.1) is 27.2 Å². The highest BCUT2D eigenvalue weighted by Crippen LogP contribution is 2.38. The first-order chi connectivity index (χ1) is 11.0. The third-order valence-corrected chi connectivity index (χ3v) is 5.02. The predicted molar refractivity (Wildman–Crippen MR) is 95.4 cm³/mol. The summed E-state index contributed by atoms with van der Waals surface area (Å²) in [6.45, 7) is 0. The number of nitrogens with zero attached hydrogens (tertiary/aromatic N) is 1. The molecule has 2 heterocycles. The number of hydrogen-bond donors (Lipinski definition) is 2. The van der Waals surface area contributed by atoms with E-state index in [1.807, 2.05) is 18.2 Å². The molecule has 1 aromatic carbocycles. The summed E-state index contributed by atoms with van der Waals surface area (Å²) in [4.78, 5) is 7.53. The summed E-state index contributed by atoms with van der Waals surface area (Å²) in [5, 5.41) is 12.1. The maximum Gasteiger partial charge on any atom is 0.106 e. The minimum absolute atomic E-state index is 0.133. The van der Waals surface area contributed by atoms with Crippen LogP contribution in [0.2, 0.25) is 10.0 Å². The van der Waals surface area contributed by atoms with Gasteiger partial charge in [-0.2, -0.15) is 0 Å². The first-order valence-electron chi connectivity index (χ1n) is 6.87. The average molecular weight is 369 g/mol. The lowest BCUT2D eigenvalue weighted by Gasteiger charge is -2.10. The number of rotatable bonds is 4. The molecule has 7 heteroatoms. The predicted octanol–water partition coefficient (Wildman–Crippen LogP) is 3.95. The number of halogens is 2. The molecule has 0 aliphatic heterocycles. The number of aromatic amines is 1. The molecule has 0 saturated carbocycles. The Bertz CT molecular complexity index is 881. The van der Waals surface area contributed by atoms with Gasteiger partial charge in [0, 0.05) is 39.7 Å². The molecule has 3 aromatic rings. The number of H-pyrrole nitrogens is 1. The zero-order chi connectivity index (χ0) is 16.6. The van der Waals surface area contributed by atoms with E-state index in [9.17, 15) is 9.32 Å². The number of aliphatic hydroxyl groups is 1. The van der Waals surface area contributed by atoms with Crippen LogP contribution in [0, 0.1) is 0 Å². The molecule has 2 unspecified atom stereocenters. The smallest absolute Gasteiger partial charge is 0.106 e. The molecule has 0 fully saturated rings. The van der Waals surface area contributed by atoms with Crippen molar-refractivity contribution in [2.24, 2.45) is 0 Å². The fourth-order valence-electron chi connectivity index (χ4n) is 2.55. The van der Waals surface area contributed by atoms with Crippen molar-refractivity contribution in [1.29, 1.82) is 0 Å². The second kappa shape index (κ2) is 6.61. The zero-order valence-corrected chi connectivity index (χ0v) is 14.5. The lowest BCUT2D eigenvalue weighted by molar-refractivity contribution is 0.199. The molecule has 0 spiro atoms. The SMILES string of the molecule is CS(=O)CC(O)c1[nH]c2cc(Cl)c(Cl)cc2c1-c1ccccn1. The zero-order valence-electron chi connectivity index (χ0n) is 12.2. The molecule has 3 rings (SSSR count). The molecular formula is C16H14Cl2N2O2S. The highest BCUT2D eigenvalue weighted by Gasteiger charge is 2.22. The molecule has 0 bridgehead atoms. The largest absolute Gasteiger partial charge is 0.386 e. The third kappa shape index (κ3) is 3.28. The number of hydrogen-bond acceptors (Lipinski definition) is 3. The summed E-state index contributed by atoms with van der Waals surface area (Å²) in [5.74, 6) is 0.133. The Morgan fingerprint density at radius 3 is 2.70 bits per heavy atom. The molecule has 23 heavy (non-hydrogen) atoms. The maximum absolute atomic E-state index is 11.5.